The van der Waals surface area contributed by atoms with Crippen LogP contribution in [0.2, 0.25) is 5.02 Å². The molecule has 2 heterocycles. The Morgan fingerprint density at radius 3 is 2.73 bits per heavy atom. The van der Waals surface area contributed by atoms with E-state index >= 15 is 0 Å². The second kappa shape index (κ2) is 9.95. The number of halogens is 1. The summed E-state index contributed by atoms with van der Waals surface area (Å²) in [5.74, 6) is -0.279. The first-order valence-electron chi connectivity index (χ1n) is 10.7. The van der Waals surface area contributed by atoms with Gasteiger partial charge in [0.1, 0.15) is 18.9 Å². The van der Waals surface area contributed by atoms with E-state index in [0.717, 1.165) is 5.56 Å². The highest BCUT2D eigenvalue weighted by Gasteiger charge is 2.43. The molecular weight excluding hydrogens is 446 g/mol. The number of amides is 3. The first-order chi connectivity index (χ1) is 16.0. The van der Waals surface area contributed by atoms with Crippen LogP contribution < -0.4 is 15.4 Å². The smallest absolute Gasteiger partial charge is 0.338 e. The normalized spacial score (nSPS) is 17.4. The number of nitrogens with one attached hydrogen (secondary N) is 2. The summed E-state index contributed by atoms with van der Waals surface area (Å²) in [4.78, 5) is 39.3. The number of benzene rings is 2. The summed E-state index contributed by atoms with van der Waals surface area (Å²) in [7, 11) is 0. The molecule has 2 N–H and O–H groups in total. The van der Waals surface area contributed by atoms with E-state index in [1.54, 1.807) is 24.3 Å². The van der Waals surface area contributed by atoms with Crippen molar-refractivity contribution in [1.29, 1.82) is 0 Å². The molecule has 0 saturated carbocycles. The first-order valence-corrected chi connectivity index (χ1v) is 11.1. The Labute approximate surface area is 196 Å². The van der Waals surface area contributed by atoms with E-state index in [1.807, 2.05) is 31.2 Å². The molecule has 33 heavy (non-hydrogen) atoms. The number of carbonyl (C=O) groups is 3. The molecule has 1 atom stereocenters. The van der Waals surface area contributed by atoms with Crippen molar-refractivity contribution in [3.8, 4) is 5.75 Å². The lowest BCUT2D eigenvalue weighted by Gasteiger charge is -2.33. The van der Waals surface area contributed by atoms with Gasteiger partial charge < -0.3 is 20.1 Å². The van der Waals surface area contributed by atoms with Gasteiger partial charge in [-0.1, -0.05) is 41.9 Å². The SMILES string of the molecule is CCOc1ccccc1C1NC(=O)N(CC(=O)NCCc2ccc(Cl)cc2)C2=C1C(=O)OC2. The first kappa shape index (κ1) is 22.7. The van der Waals surface area contributed by atoms with Gasteiger partial charge in [0.15, 0.2) is 0 Å². The number of hydrogen-bond acceptors (Lipinski definition) is 5. The zero-order valence-corrected chi connectivity index (χ0v) is 18.9. The van der Waals surface area contributed by atoms with E-state index in [4.69, 9.17) is 21.1 Å². The molecule has 0 saturated heterocycles. The summed E-state index contributed by atoms with van der Waals surface area (Å²) in [5.41, 5.74) is 2.40. The molecule has 8 nitrogen and oxygen atoms in total. The van der Waals surface area contributed by atoms with Crippen LogP contribution in [0.3, 0.4) is 0 Å². The van der Waals surface area contributed by atoms with E-state index < -0.39 is 18.0 Å². The van der Waals surface area contributed by atoms with Gasteiger partial charge in [0, 0.05) is 17.1 Å². The number of para-hydroxylation sites is 1. The van der Waals surface area contributed by atoms with Crippen LogP contribution in [-0.4, -0.2) is 49.1 Å². The number of cyclic esters (lactones) is 1. The average molecular weight is 470 g/mol. The van der Waals surface area contributed by atoms with Gasteiger partial charge in [0.05, 0.1) is 23.9 Å². The molecule has 0 aromatic heterocycles. The van der Waals surface area contributed by atoms with Crippen molar-refractivity contribution in [2.24, 2.45) is 0 Å². The number of ether oxygens (including phenoxy) is 2. The number of urea groups is 1. The van der Waals surface area contributed by atoms with Crippen molar-refractivity contribution >= 4 is 29.5 Å². The minimum absolute atomic E-state index is 0.0626. The second-order valence-corrected chi connectivity index (χ2v) is 8.04. The van der Waals surface area contributed by atoms with Gasteiger partial charge in [0.2, 0.25) is 5.91 Å². The van der Waals surface area contributed by atoms with Gasteiger partial charge in [-0.3, -0.25) is 9.69 Å². The van der Waals surface area contributed by atoms with Crippen molar-refractivity contribution in [3.63, 3.8) is 0 Å². The fraction of sp³-hybridized carbons (Fsp3) is 0.292. The maximum absolute atomic E-state index is 12.9. The summed E-state index contributed by atoms with van der Waals surface area (Å²) >= 11 is 5.89. The lowest BCUT2D eigenvalue weighted by Crippen LogP contribution is -2.50. The molecule has 0 aliphatic carbocycles. The maximum atomic E-state index is 12.9. The molecule has 0 spiro atoms. The molecule has 4 rings (SSSR count). The summed E-state index contributed by atoms with van der Waals surface area (Å²) in [6, 6.07) is 13.4. The Morgan fingerprint density at radius 2 is 1.97 bits per heavy atom. The highest BCUT2D eigenvalue weighted by Crippen LogP contribution is 2.38. The van der Waals surface area contributed by atoms with Crippen molar-refractivity contribution in [2.75, 3.05) is 26.3 Å². The predicted octanol–water partition coefficient (Wildman–Crippen LogP) is 2.97. The Hall–Kier alpha value is -3.52. The zero-order chi connectivity index (χ0) is 23.4. The second-order valence-electron chi connectivity index (χ2n) is 7.60. The topological polar surface area (TPSA) is 97.0 Å². The van der Waals surface area contributed by atoms with Crippen LogP contribution >= 0.6 is 11.6 Å². The lowest BCUT2D eigenvalue weighted by molar-refractivity contribution is -0.136. The zero-order valence-electron chi connectivity index (χ0n) is 18.1. The van der Waals surface area contributed by atoms with Crippen LogP contribution in [0, 0.1) is 0 Å². The Kier molecular flexibility index (Phi) is 6.84. The number of rotatable bonds is 8. The van der Waals surface area contributed by atoms with Crippen molar-refractivity contribution in [2.45, 2.75) is 19.4 Å². The third-order valence-electron chi connectivity index (χ3n) is 5.48. The molecule has 2 aromatic rings. The quantitative estimate of drug-likeness (QED) is 0.579. The van der Waals surface area contributed by atoms with Gasteiger partial charge in [-0.2, -0.15) is 0 Å². The minimum Gasteiger partial charge on any atom is -0.494 e. The van der Waals surface area contributed by atoms with E-state index in [9.17, 15) is 14.4 Å². The average Bonchev–Trinajstić information content (AvgIpc) is 3.19. The molecule has 0 radical (unpaired) electrons. The minimum atomic E-state index is -0.713. The lowest BCUT2D eigenvalue weighted by atomic mass is 9.95. The van der Waals surface area contributed by atoms with Crippen molar-refractivity contribution < 1.29 is 23.9 Å². The van der Waals surface area contributed by atoms with Gasteiger partial charge in [0.25, 0.3) is 0 Å². The van der Waals surface area contributed by atoms with E-state index in [0.29, 0.717) is 47.2 Å². The van der Waals surface area contributed by atoms with Gasteiger partial charge in [-0.25, -0.2) is 9.59 Å². The Morgan fingerprint density at radius 1 is 1.21 bits per heavy atom. The number of esters is 1. The molecule has 0 bridgehead atoms. The maximum Gasteiger partial charge on any atom is 0.338 e. The number of carbonyl (C=O) groups excluding carboxylic acids is 3. The van der Waals surface area contributed by atoms with Crippen LogP contribution in [0.1, 0.15) is 24.1 Å². The van der Waals surface area contributed by atoms with Gasteiger partial charge >= 0.3 is 12.0 Å². The van der Waals surface area contributed by atoms with E-state index in [-0.39, 0.29) is 19.1 Å². The standard InChI is InChI=1S/C24H24ClN3O5/c1-2-32-19-6-4-3-5-17(19)22-21-18(14-33-23(21)30)28(24(31)27-22)13-20(29)26-12-11-15-7-9-16(25)10-8-15/h3-10,22H,2,11-14H2,1H3,(H,26,29)(H,27,31). The molecule has 3 amide bonds. The van der Waals surface area contributed by atoms with Crippen molar-refractivity contribution in [3.05, 3.63) is 76.0 Å². The Bertz CT molecular complexity index is 1100. The number of nitrogens with zero attached hydrogens (tertiary/aromatic N) is 1. The highest BCUT2D eigenvalue weighted by molar-refractivity contribution is 6.30. The van der Waals surface area contributed by atoms with Gasteiger partial charge in [-0.15, -0.1) is 0 Å². The highest BCUT2D eigenvalue weighted by atomic mass is 35.5. The molecule has 2 aliphatic rings. The molecule has 2 aromatic carbocycles. The van der Waals surface area contributed by atoms with Crippen LogP contribution in [0.15, 0.2) is 59.8 Å². The van der Waals surface area contributed by atoms with E-state index in [1.165, 1.54) is 4.90 Å². The summed E-state index contributed by atoms with van der Waals surface area (Å²) in [6.07, 6.45) is 0.626. The van der Waals surface area contributed by atoms with Crippen LogP contribution in [0.5, 0.6) is 5.75 Å². The Balaban J connectivity index is 1.48. The molecule has 0 fully saturated rings. The molecule has 9 heteroatoms. The molecule has 1 unspecified atom stereocenters. The fourth-order valence-corrected chi connectivity index (χ4v) is 4.04. The summed E-state index contributed by atoms with van der Waals surface area (Å²) < 4.78 is 10.9. The number of hydrogen-bond donors (Lipinski definition) is 2. The molecule has 2 aliphatic heterocycles. The largest absolute Gasteiger partial charge is 0.494 e. The fourth-order valence-electron chi connectivity index (χ4n) is 3.91. The van der Waals surface area contributed by atoms with Crippen LogP contribution in [0.25, 0.3) is 0 Å². The monoisotopic (exact) mass is 469 g/mol. The molecular formula is C24H24ClN3O5. The van der Waals surface area contributed by atoms with E-state index in [2.05, 4.69) is 10.6 Å². The summed E-state index contributed by atoms with van der Waals surface area (Å²) in [6.45, 7) is 2.42. The summed E-state index contributed by atoms with van der Waals surface area (Å²) in [5, 5.41) is 6.29. The van der Waals surface area contributed by atoms with Crippen molar-refractivity contribution in [1.82, 2.24) is 15.5 Å². The third-order valence-corrected chi connectivity index (χ3v) is 5.73. The third kappa shape index (κ3) is 4.96. The predicted molar refractivity (Wildman–Crippen MR) is 122 cm³/mol. The van der Waals surface area contributed by atoms with Crippen LogP contribution in [0.4, 0.5) is 4.79 Å². The van der Waals surface area contributed by atoms with Crippen LogP contribution in [-0.2, 0) is 20.7 Å². The molecule has 172 valence electrons. The van der Waals surface area contributed by atoms with Gasteiger partial charge in [-0.05, 0) is 37.1 Å².